The van der Waals surface area contributed by atoms with Crippen LogP contribution in [-0.4, -0.2) is 230 Å². The molecule has 13 atom stereocenters. The van der Waals surface area contributed by atoms with Gasteiger partial charge in [0, 0.05) is 73.7 Å². The van der Waals surface area contributed by atoms with E-state index in [0.717, 1.165) is 28.2 Å². The number of para-hydroxylation sites is 3. The average Bonchev–Trinajstić information content (AvgIpc) is 1.31. The van der Waals surface area contributed by atoms with Gasteiger partial charge in [-0.05, 0) is 139 Å². The molecule has 18 rings (SSSR count). The summed E-state index contributed by atoms with van der Waals surface area (Å²) in [7, 11) is 2.00. The smallest absolute Gasteiger partial charge is 0.411 e. The lowest BCUT2D eigenvalue weighted by atomic mass is 9.77. The predicted molar refractivity (Wildman–Crippen MR) is 541 cm³/mol. The van der Waals surface area contributed by atoms with Gasteiger partial charge in [0.25, 0.3) is 17.7 Å². The minimum Gasteiger partial charge on any atom is -0.510 e. The number of carbonyl (C=O) groups excluding carboxylic acids is 13. The molecule has 7 saturated heterocycles. The molecule has 0 aliphatic carbocycles. The highest BCUT2D eigenvalue weighted by Gasteiger charge is 2.56. The molecule has 10 amide bonds. The highest BCUT2D eigenvalue weighted by Crippen LogP contribution is 2.42. The molecular weight excluding hydrogens is 1930 g/mol. The molecule has 0 saturated carbocycles. The highest BCUT2D eigenvalue weighted by molar-refractivity contribution is 7.09. The number of carboxylic acid groups (broad SMARTS) is 2. The summed E-state index contributed by atoms with van der Waals surface area (Å²) in [6, 6.07) is 73.0. The number of aliphatic imine (C=N–C) groups is 1. The standard InChI is InChI=1S/C25H22N2O4.C17H18N2O4.C16H20N2O4.C14H16N2O5.C14H13NO.C12H16NO5P.C11H11NO4/c28-24-23(27-22(17-31-25(27)29)19-10-5-2-6-11-19)21(14-13-20-12-7-15-30-20)26(24)16-18-8-3-1-4-9-18;20-15(11-23-12-5-2-1-3-6-12)19-16-14(18-17(16)21)9-8-13-7-4-10-22-13;1-2-11(19)8-9-13-15(16(21)17-13)18-14(20)10-22-12-6-4-3-5-7-12;17-11(8-21-9-4-2-1-3-5-9)16-13-10(15-14(13)20)6-7-12(18)19;1-2-6-13(7-3-1)12-15-10-4-8-14-9-5-11-16-14;1-6(14)11-10(16)3-2-9-8(12(17)13(9)11)4-7(15)5-18-19;13-10(14)6-12-9(7-16-11(12)15)8-4-2-1-3-5-8/h1-15,21-23H,16-17H2;1-7,10,14,16H,8-9,11H2,(H,18,21)(H,19,20);3-7,13,15H,2,8-10H2,1H3,(H,17,21)(H,18,20);1-5,10,13H,6-8H2,(H,15,20)(H,16,17)(H,18,19);1-11H,12H2;8-9,16H,2-5,19H2,1H3;1-5,9H,6-7H2,(H,13,14)/b14-13+;;;;8-4+,15-10?;;/t21-,22+,23?;14-,16+;13-,15?;10-,13?;;8-,9?;9-/m1111.00/s1. The van der Waals surface area contributed by atoms with Gasteiger partial charge in [0.15, 0.2) is 31.4 Å². The van der Waals surface area contributed by atoms with E-state index in [9.17, 15) is 77.0 Å². The number of nitrogens with zero attached hydrogens (tertiary/aromatic N) is 5. The van der Waals surface area contributed by atoms with Gasteiger partial charge in [0.1, 0.15) is 102 Å². The van der Waals surface area contributed by atoms with Gasteiger partial charge in [-0.1, -0.05) is 189 Å². The zero-order valence-electron chi connectivity index (χ0n) is 81.1. The molecule has 10 aromatic rings. The molecule has 39 heteroatoms. The first-order valence-electron chi connectivity index (χ1n) is 47.9. The van der Waals surface area contributed by atoms with Crippen LogP contribution < -0.4 is 46.1 Å². The predicted octanol–water partition coefficient (Wildman–Crippen LogP) is 11.8. The molecule has 0 radical (unpaired) electrons. The number of carboxylic acids is 2. The average molecular weight is 2040 g/mol. The third kappa shape index (κ3) is 32.6. The van der Waals surface area contributed by atoms with E-state index in [-0.39, 0.29) is 178 Å². The number of benzene rings is 7. The van der Waals surface area contributed by atoms with Gasteiger partial charge >= 0.3 is 24.1 Å². The van der Waals surface area contributed by atoms with E-state index < -0.39 is 60.1 Å². The van der Waals surface area contributed by atoms with Crippen LogP contribution in [0.5, 0.6) is 17.2 Å². The summed E-state index contributed by atoms with van der Waals surface area (Å²) in [5.74, 6) is -0.659. The lowest BCUT2D eigenvalue weighted by Gasteiger charge is -2.49. The van der Waals surface area contributed by atoms with Crippen molar-refractivity contribution in [2.24, 2.45) is 10.9 Å². The van der Waals surface area contributed by atoms with Crippen molar-refractivity contribution in [3.8, 4) is 17.2 Å². The van der Waals surface area contributed by atoms with Crippen LogP contribution in [0, 0.1) is 5.92 Å². The van der Waals surface area contributed by atoms with E-state index in [1.54, 1.807) is 83.3 Å². The highest BCUT2D eigenvalue weighted by atomic mass is 31.0. The maximum absolute atomic E-state index is 13.3. The van der Waals surface area contributed by atoms with Crippen LogP contribution in [0.15, 0.2) is 309 Å². The SMILES string of the molecule is C(/C=C/c1ccco1)=NCc1ccccc1.CC(=O)C1=C(O)CCC2[C@H](CC(=O)COP)C(=O)N12.CCC(=O)CC[C@H]1NC(=O)C1NC(=O)COc1ccccc1.O=C(COc1ccccc1)N[C@@H]1C(=O)N[C@@H]1CCc1ccco1.O=C(O)CC[C@H]1NC(=O)C1NC(=O)COc1ccccc1.O=C(O)CN1C(=O)OC[C@H]1c1ccccc1.O=C1C(N2C(=O)OC[C@H]2c2ccccc2)[C@@H](/C=C/c2ccco2)N1Cc1ccccc1. The number of allylic oxidation sites excluding steroid dienone is 3. The molecule has 148 heavy (non-hydrogen) atoms. The Labute approximate surface area is 854 Å². The lowest BCUT2D eigenvalue weighted by molar-refractivity contribution is -0.158. The summed E-state index contributed by atoms with van der Waals surface area (Å²) < 4.78 is 46.7. The van der Waals surface area contributed by atoms with E-state index in [1.807, 2.05) is 229 Å². The van der Waals surface area contributed by atoms with Gasteiger partial charge in [-0.15, -0.1) is 0 Å². The second kappa shape index (κ2) is 56.4. The summed E-state index contributed by atoms with van der Waals surface area (Å²) >= 11 is 0. The molecule has 8 aliphatic heterocycles. The summed E-state index contributed by atoms with van der Waals surface area (Å²) in [6.45, 7) is 3.93. The van der Waals surface area contributed by atoms with Crippen molar-refractivity contribution in [2.75, 3.05) is 46.2 Å². The molecule has 9 N–H and O–H groups in total. The zero-order chi connectivity index (χ0) is 105. The molecule has 8 aliphatic rings. The fourth-order valence-electron chi connectivity index (χ4n) is 16.8. The summed E-state index contributed by atoms with van der Waals surface area (Å²) in [5, 5.41) is 43.0. The van der Waals surface area contributed by atoms with E-state index >= 15 is 0 Å². The molecule has 0 spiro atoms. The van der Waals surface area contributed by atoms with Gasteiger partial charge in [-0.3, -0.25) is 77.1 Å². The second-order valence-corrected chi connectivity index (χ2v) is 35.0. The van der Waals surface area contributed by atoms with E-state index in [4.69, 9.17) is 47.1 Å². The van der Waals surface area contributed by atoms with Crippen molar-refractivity contribution in [1.29, 1.82) is 0 Å². The fraction of sp³-hybridized carbons (Fsp3) is 0.303. The Kier molecular flexibility index (Phi) is 41.9. The minimum absolute atomic E-state index is 0.0323. The monoisotopic (exact) mass is 2040 g/mol. The van der Waals surface area contributed by atoms with Gasteiger partial charge < -0.3 is 98.5 Å². The number of aliphatic carboxylic acids is 2. The van der Waals surface area contributed by atoms with Crippen LogP contribution in [-0.2, 0) is 95.8 Å². The van der Waals surface area contributed by atoms with Crippen molar-refractivity contribution in [3.63, 3.8) is 0 Å². The molecule has 7 fully saturated rings. The Morgan fingerprint density at radius 2 is 0.959 bits per heavy atom. The van der Waals surface area contributed by atoms with Crippen molar-refractivity contribution < 1.29 is 129 Å². The minimum atomic E-state index is -1.04. The number of hydrogen-bond donors (Lipinski definition) is 9. The van der Waals surface area contributed by atoms with Crippen molar-refractivity contribution in [1.82, 2.24) is 51.5 Å². The number of furan rings is 3. The lowest BCUT2D eigenvalue weighted by Crippen LogP contribution is -2.69. The van der Waals surface area contributed by atoms with Gasteiger partial charge in [0.2, 0.25) is 29.5 Å². The van der Waals surface area contributed by atoms with Crippen LogP contribution in [0.1, 0.15) is 123 Å². The fourth-order valence-corrected chi connectivity index (χ4v) is 16.9. The number of cyclic esters (lactones) is 2. The van der Waals surface area contributed by atoms with Gasteiger partial charge in [0.05, 0.1) is 67.5 Å². The normalized spacial score (nSPS) is 20.4. The Balaban J connectivity index is 0.000000155. The zero-order valence-corrected chi connectivity index (χ0v) is 82.3. The molecule has 3 aromatic heterocycles. The number of ketones is 3. The number of fused-ring (bicyclic) bond motifs is 1. The quantitative estimate of drug-likeness (QED) is 0.00978. The number of aliphatic hydroxyl groups excluding tert-OH is 1. The maximum atomic E-state index is 13.3. The van der Waals surface area contributed by atoms with Gasteiger partial charge in [-0.25, -0.2) is 9.59 Å². The number of aliphatic hydroxyl groups is 1. The summed E-state index contributed by atoms with van der Waals surface area (Å²) in [6.07, 6.45) is 17.3. The van der Waals surface area contributed by atoms with E-state index in [1.165, 1.54) is 22.3 Å². The molecule has 7 aromatic carbocycles. The van der Waals surface area contributed by atoms with Crippen LogP contribution in [0.2, 0.25) is 0 Å². The van der Waals surface area contributed by atoms with Crippen LogP contribution in [0.4, 0.5) is 9.59 Å². The number of carbonyl (C=O) groups is 15. The maximum Gasteiger partial charge on any atom is 0.411 e. The molecule has 11 heterocycles. The third-order valence-corrected chi connectivity index (χ3v) is 24.5. The first kappa shape index (κ1) is 110. The molecule has 5 unspecified atom stereocenters. The number of β-lactam (4-membered cyclic amide) rings is 5. The number of ether oxygens (including phenoxy) is 5. The second-order valence-electron chi connectivity index (χ2n) is 34.6. The first-order valence-corrected chi connectivity index (χ1v) is 48.4. The number of amides is 10. The van der Waals surface area contributed by atoms with Crippen LogP contribution >= 0.6 is 9.47 Å². The number of likely N-dealkylation sites (tertiary alicyclic amines) is 1. The van der Waals surface area contributed by atoms with Crippen molar-refractivity contribution in [3.05, 3.63) is 331 Å². The Bertz CT molecular complexity index is 6210. The number of rotatable bonds is 40. The number of hydrogen-bond acceptors (Lipinski definition) is 26. The van der Waals surface area contributed by atoms with E-state index in [0.29, 0.717) is 81.0 Å². The van der Waals surface area contributed by atoms with Gasteiger partial charge in [-0.2, -0.15) is 0 Å². The topological polar surface area (TPSA) is 509 Å². The largest absolute Gasteiger partial charge is 0.510 e. The van der Waals surface area contributed by atoms with Crippen LogP contribution in [0.25, 0.3) is 12.2 Å². The number of nitrogens with one attached hydrogen (secondary N) is 6. The number of Topliss-reactive ketones (excluding diaryl/α,β-unsaturated/α-hetero) is 3. The summed E-state index contributed by atoms with van der Waals surface area (Å²) in [4.78, 5) is 185. The third-order valence-electron chi connectivity index (χ3n) is 24.4. The van der Waals surface area contributed by atoms with E-state index in [2.05, 4.69) is 53.5 Å². The molecule has 38 nitrogen and oxygen atoms in total. The molecule has 774 valence electrons. The van der Waals surface area contributed by atoms with Crippen molar-refractivity contribution in [2.45, 2.75) is 158 Å². The number of aryl methyl sites for hydroxylation is 1. The molecular formula is C109H116N11O27P. The Hall–Kier alpha value is -16.9. The van der Waals surface area contributed by atoms with Crippen LogP contribution in [0.3, 0.4) is 0 Å². The summed E-state index contributed by atoms with van der Waals surface area (Å²) in [5.41, 5.74) is 4.18. The molecule has 0 bridgehead atoms. The Morgan fingerprint density at radius 3 is 1.43 bits per heavy atom. The van der Waals surface area contributed by atoms with Crippen molar-refractivity contribution >= 4 is 117 Å². The first-order chi connectivity index (χ1) is 71.7. The Morgan fingerprint density at radius 1 is 0.500 bits per heavy atom.